The molecular weight excluding hydrogens is 354 g/mol. The van der Waals surface area contributed by atoms with Crippen LogP contribution in [0.2, 0.25) is 0 Å². The van der Waals surface area contributed by atoms with Crippen molar-refractivity contribution >= 4 is 49.1 Å². The summed E-state index contributed by atoms with van der Waals surface area (Å²) in [5.74, 6) is 1.94. The molecule has 0 spiro atoms. The number of aliphatic hydroxyl groups excluding tert-OH is 1. The van der Waals surface area contributed by atoms with Crippen molar-refractivity contribution in [3.63, 3.8) is 0 Å². The fourth-order valence-electron chi connectivity index (χ4n) is 1.96. The van der Waals surface area contributed by atoms with E-state index in [2.05, 4.69) is 12.2 Å². The van der Waals surface area contributed by atoms with Gasteiger partial charge < -0.3 is 10.4 Å². The first-order valence-electron chi connectivity index (χ1n) is 8.00. The van der Waals surface area contributed by atoms with E-state index in [9.17, 15) is 9.90 Å². The van der Waals surface area contributed by atoms with Gasteiger partial charge in [-0.3, -0.25) is 4.79 Å². The number of aliphatic hydroxyl groups is 1. The van der Waals surface area contributed by atoms with E-state index in [4.69, 9.17) is 0 Å². The second kappa shape index (κ2) is 11.4. The number of carbonyl (C=O) groups is 1. The molecule has 0 aromatic rings. The minimum absolute atomic E-state index is 0.00678. The van der Waals surface area contributed by atoms with Crippen molar-refractivity contribution in [2.24, 2.45) is 0 Å². The zero-order valence-electron chi connectivity index (χ0n) is 13.8. The first-order chi connectivity index (χ1) is 10.5. The molecule has 0 aromatic heterocycles. The van der Waals surface area contributed by atoms with Crippen LogP contribution in [-0.4, -0.2) is 45.2 Å². The Morgan fingerprint density at radius 1 is 1.32 bits per heavy atom. The zero-order valence-corrected chi connectivity index (χ0v) is 17.1. The summed E-state index contributed by atoms with van der Waals surface area (Å²) in [5, 5.41) is 13.0. The Bertz CT molecular complexity index is 329. The molecule has 3 nitrogen and oxygen atoms in total. The fourth-order valence-corrected chi connectivity index (χ4v) is 7.40. The first kappa shape index (κ1) is 20.9. The number of hydrogen-bond donors (Lipinski definition) is 2. The van der Waals surface area contributed by atoms with Crippen molar-refractivity contribution in [1.29, 1.82) is 0 Å². The third-order valence-electron chi connectivity index (χ3n) is 3.50. The SMILES string of the molecule is CCCCCC1CCSSCC(CO)NC(=O)C(C)(C)SS1. The molecule has 1 aliphatic heterocycles. The van der Waals surface area contributed by atoms with Crippen LogP contribution in [0, 0.1) is 0 Å². The van der Waals surface area contributed by atoms with Crippen LogP contribution >= 0.6 is 43.2 Å². The van der Waals surface area contributed by atoms with Gasteiger partial charge in [0.05, 0.1) is 17.4 Å². The van der Waals surface area contributed by atoms with Gasteiger partial charge in [-0.25, -0.2) is 0 Å². The highest BCUT2D eigenvalue weighted by Crippen LogP contribution is 2.42. The molecule has 0 aliphatic carbocycles. The van der Waals surface area contributed by atoms with Gasteiger partial charge in [-0.2, -0.15) is 0 Å². The highest BCUT2D eigenvalue weighted by molar-refractivity contribution is 8.77. The van der Waals surface area contributed by atoms with Gasteiger partial charge in [0.2, 0.25) is 5.91 Å². The lowest BCUT2D eigenvalue weighted by Gasteiger charge is -2.28. The summed E-state index contributed by atoms with van der Waals surface area (Å²) in [5.41, 5.74) is 0. The maximum absolute atomic E-state index is 12.4. The lowest BCUT2D eigenvalue weighted by molar-refractivity contribution is -0.123. The van der Waals surface area contributed by atoms with E-state index in [0.29, 0.717) is 5.25 Å². The number of amides is 1. The van der Waals surface area contributed by atoms with Crippen molar-refractivity contribution in [2.45, 2.75) is 68.9 Å². The third-order valence-corrected chi connectivity index (χ3v) is 9.81. The molecule has 22 heavy (non-hydrogen) atoms. The van der Waals surface area contributed by atoms with Crippen LogP contribution < -0.4 is 5.32 Å². The summed E-state index contributed by atoms with van der Waals surface area (Å²) in [7, 11) is 7.19. The van der Waals surface area contributed by atoms with Crippen LogP contribution in [0.3, 0.4) is 0 Å². The van der Waals surface area contributed by atoms with Gasteiger partial charge in [0.25, 0.3) is 0 Å². The van der Waals surface area contributed by atoms with E-state index in [0.717, 1.165) is 11.5 Å². The Balaban J connectivity index is 2.61. The standard InChI is InChI=1S/C15H29NO2S4/c1-4-5-6-7-13-8-9-19-20-11-12(10-17)16-14(18)15(2,3)22-21-13/h12-13,17H,4-11H2,1-3H3,(H,16,18). The summed E-state index contributed by atoms with van der Waals surface area (Å²) < 4.78 is -0.460. The molecule has 1 rings (SSSR count). The lowest BCUT2D eigenvalue weighted by atomic mass is 10.1. The van der Waals surface area contributed by atoms with E-state index in [1.807, 2.05) is 35.4 Å². The van der Waals surface area contributed by atoms with Crippen LogP contribution in [0.25, 0.3) is 0 Å². The van der Waals surface area contributed by atoms with E-state index >= 15 is 0 Å². The van der Waals surface area contributed by atoms with Crippen molar-refractivity contribution in [3.8, 4) is 0 Å². The molecule has 2 unspecified atom stereocenters. The molecule has 1 amide bonds. The second-order valence-corrected chi connectivity index (χ2v) is 11.8. The number of carbonyl (C=O) groups excluding carboxylic acids is 1. The van der Waals surface area contributed by atoms with Crippen LogP contribution in [0.1, 0.15) is 52.9 Å². The van der Waals surface area contributed by atoms with Crippen LogP contribution in [-0.2, 0) is 4.79 Å². The second-order valence-electron chi connectivity index (χ2n) is 6.06. The monoisotopic (exact) mass is 383 g/mol. The maximum atomic E-state index is 12.4. The van der Waals surface area contributed by atoms with Crippen LogP contribution in [0.15, 0.2) is 0 Å². The minimum atomic E-state index is -0.460. The molecule has 7 heteroatoms. The van der Waals surface area contributed by atoms with Crippen molar-refractivity contribution in [3.05, 3.63) is 0 Å². The van der Waals surface area contributed by atoms with Gasteiger partial charge in [0, 0.05) is 16.8 Å². The topological polar surface area (TPSA) is 49.3 Å². The molecule has 1 aliphatic rings. The summed E-state index contributed by atoms with van der Waals surface area (Å²) in [6, 6.07) is -0.144. The van der Waals surface area contributed by atoms with Crippen molar-refractivity contribution in [2.75, 3.05) is 18.1 Å². The van der Waals surface area contributed by atoms with E-state index in [1.54, 1.807) is 21.6 Å². The number of nitrogens with one attached hydrogen (secondary N) is 1. The Labute approximate surface area is 151 Å². The number of unbranched alkanes of at least 4 members (excludes halogenated alkanes) is 2. The molecule has 0 radical (unpaired) electrons. The highest BCUT2D eigenvalue weighted by Gasteiger charge is 2.31. The predicted octanol–water partition coefficient (Wildman–Crippen LogP) is 4.36. The van der Waals surface area contributed by atoms with Crippen molar-refractivity contribution < 1.29 is 9.90 Å². The quantitative estimate of drug-likeness (QED) is 0.543. The normalized spacial score (nSPS) is 27.5. The largest absolute Gasteiger partial charge is 0.394 e. The third kappa shape index (κ3) is 8.08. The first-order valence-corrected chi connectivity index (χ1v) is 12.7. The summed E-state index contributed by atoms with van der Waals surface area (Å²) in [6.45, 7) is 6.20. The average molecular weight is 384 g/mol. The number of hydrogen-bond acceptors (Lipinski definition) is 6. The van der Waals surface area contributed by atoms with E-state index in [-0.39, 0.29) is 18.6 Å². The van der Waals surface area contributed by atoms with Gasteiger partial charge in [-0.1, -0.05) is 69.4 Å². The Morgan fingerprint density at radius 2 is 2.09 bits per heavy atom. The van der Waals surface area contributed by atoms with Gasteiger partial charge >= 0.3 is 0 Å². The Morgan fingerprint density at radius 3 is 2.77 bits per heavy atom. The molecule has 2 atom stereocenters. The molecule has 2 N–H and O–H groups in total. The Hall–Kier alpha value is 0.830. The van der Waals surface area contributed by atoms with Gasteiger partial charge in [0.15, 0.2) is 0 Å². The molecule has 0 aromatic carbocycles. The van der Waals surface area contributed by atoms with Gasteiger partial charge in [-0.15, -0.1) is 0 Å². The lowest BCUT2D eigenvalue weighted by Crippen LogP contribution is -2.47. The molecule has 1 fully saturated rings. The smallest absolute Gasteiger partial charge is 0.236 e. The molecule has 0 bridgehead atoms. The Kier molecular flexibility index (Phi) is 10.8. The van der Waals surface area contributed by atoms with Crippen LogP contribution in [0.4, 0.5) is 0 Å². The molecule has 130 valence electrons. The predicted molar refractivity (Wildman–Crippen MR) is 106 cm³/mol. The maximum Gasteiger partial charge on any atom is 0.236 e. The van der Waals surface area contributed by atoms with E-state index < -0.39 is 4.75 Å². The summed E-state index contributed by atoms with van der Waals surface area (Å²) in [4.78, 5) is 12.4. The van der Waals surface area contributed by atoms with Crippen molar-refractivity contribution in [1.82, 2.24) is 5.32 Å². The fraction of sp³-hybridized carbons (Fsp3) is 0.933. The molecule has 1 saturated heterocycles. The van der Waals surface area contributed by atoms with E-state index in [1.165, 1.54) is 32.1 Å². The van der Waals surface area contributed by atoms with Gasteiger partial charge in [0.1, 0.15) is 0 Å². The molecule has 0 saturated carbocycles. The summed E-state index contributed by atoms with van der Waals surface area (Å²) >= 11 is 0. The zero-order chi connectivity index (χ0) is 16.4. The molecule has 1 heterocycles. The van der Waals surface area contributed by atoms with Gasteiger partial charge in [-0.05, 0) is 26.7 Å². The summed E-state index contributed by atoms with van der Waals surface area (Å²) in [6.07, 6.45) is 6.28. The highest BCUT2D eigenvalue weighted by atomic mass is 33.1. The minimum Gasteiger partial charge on any atom is -0.394 e. The van der Waals surface area contributed by atoms with Crippen LogP contribution in [0.5, 0.6) is 0 Å². The molecular formula is C15H29NO2S4. The number of rotatable bonds is 5. The average Bonchev–Trinajstić information content (AvgIpc) is 2.49.